The molecule has 0 unspecified atom stereocenters. The number of aliphatic carboxylic acids is 1. The number of rotatable bonds is 33. The van der Waals surface area contributed by atoms with Crippen molar-refractivity contribution in [1.82, 2.24) is 37.2 Å². The highest BCUT2D eigenvalue weighted by molar-refractivity contribution is 8.76. The van der Waals surface area contributed by atoms with Crippen molar-refractivity contribution in [2.75, 3.05) is 12.3 Å². The largest absolute Gasteiger partial charge is 0.511 e. The first kappa shape index (κ1) is 71.9. The van der Waals surface area contributed by atoms with Gasteiger partial charge in [-0.25, -0.2) is 4.79 Å². The minimum Gasteiger partial charge on any atom is -0.511 e. The van der Waals surface area contributed by atoms with Gasteiger partial charge < -0.3 is 67.1 Å². The van der Waals surface area contributed by atoms with Gasteiger partial charge in [0.25, 0.3) is 0 Å². The Hall–Kier alpha value is -7.36. The number of nitrogens with zero attached hydrogens (tertiary/aromatic N) is 1. The summed E-state index contributed by atoms with van der Waals surface area (Å²) in [6.45, 7) is 16.7. The van der Waals surface area contributed by atoms with Gasteiger partial charge in [0.2, 0.25) is 41.4 Å². The van der Waals surface area contributed by atoms with E-state index in [1.165, 1.54) is 35.4 Å². The van der Waals surface area contributed by atoms with Gasteiger partial charge >= 0.3 is 17.9 Å². The topological polar surface area (TPSA) is 384 Å². The molecule has 1 aliphatic carbocycles. The van der Waals surface area contributed by atoms with Crippen molar-refractivity contribution in [3.8, 4) is 5.75 Å². The van der Waals surface area contributed by atoms with Gasteiger partial charge in [-0.15, -0.1) is 0 Å². The fraction of sp³-hybridized carbons (Fsp3) is 0.552. The zero-order valence-electron chi connectivity index (χ0n) is 49.8. The van der Waals surface area contributed by atoms with Crippen LogP contribution in [0.15, 0.2) is 69.8 Å². The molecule has 0 spiro atoms. The number of ketones is 1. The number of nitrogens with one attached hydrogen (secondary N) is 7. The van der Waals surface area contributed by atoms with Crippen LogP contribution in [0.5, 0.6) is 5.75 Å². The van der Waals surface area contributed by atoms with Gasteiger partial charge in [-0.2, -0.15) is 0 Å². The average Bonchev–Trinajstić information content (AvgIpc) is 2.71. The van der Waals surface area contributed by atoms with Gasteiger partial charge in [0.05, 0.1) is 40.5 Å². The third-order valence-corrected chi connectivity index (χ3v) is 15.6. The summed E-state index contributed by atoms with van der Waals surface area (Å²) in [6, 6.07) is 3.36. The summed E-state index contributed by atoms with van der Waals surface area (Å²) in [5.74, 6) is -10.3. The highest BCUT2D eigenvalue weighted by Crippen LogP contribution is 2.38. The van der Waals surface area contributed by atoms with E-state index < -0.39 is 145 Å². The van der Waals surface area contributed by atoms with Crippen molar-refractivity contribution in [3.05, 3.63) is 65.4 Å². The number of para-hydroxylation sites is 1. The van der Waals surface area contributed by atoms with Crippen LogP contribution < -0.4 is 42.0 Å². The lowest BCUT2D eigenvalue weighted by Crippen LogP contribution is -2.63. The number of aliphatic hydroxyl groups is 3. The molecule has 0 bridgehead atoms. The van der Waals surface area contributed by atoms with Crippen LogP contribution in [0.25, 0.3) is 0 Å². The molecule has 0 saturated carbocycles. The second kappa shape index (κ2) is 34.6. The van der Waals surface area contributed by atoms with Crippen molar-refractivity contribution >= 4 is 98.0 Å². The van der Waals surface area contributed by atoms with Crippen LogP contribution in [0.4, 0.5) is 5.69 Å². The second-order valence-corrected chi connectivity index (χ2v) is 24.5. The summed E-state index contributed by atoms with van der Waals surface area (Å²) in [4.78, 5) is 151. The quantitative estimate of drug-likeness (QED) is 0.0211. The number of hydrogen-bond acceptors (Lipinski definition) is 19. The van der Waals surface area contributed by atoms with E-state index in [4.69, 9.17) is 14.5 Å². The Balaban J connectivity index is 1.77. The Morgan fingerprint density at radius 1 is 0.694 bits per heavy atom. The van der Waals surface area contributed by atoms with Crippen LogP contribution in [-0.2, 0) is 64.1 Å². The number of carboxylic acids is 1. The Labute approximate surface area is 502 Å². The molecule has 11 N–H and O–H groups in total. The average molecular weight is 1230 g/mol. The van der Waals surface area contributed by atoms with Crippen LogP contribution in [0.3, 0.4) is 0 Å². The van der Waals surface area contributed by atoms with Crippen LogP contribution >= 0.6 is 21.6 Å². The molecule has 2 aromatic rings. The lowest BCUT2D eigenvalue weighted by Gasteiger charge is -2.30. The number of carbonyl (C=O) groups is 11. The van der Waals surface area contributed by atoms with Gasteiger partial charge in [0.1, 0.15) is 60.9 Å². The van der Waals surface area contributed by atoms with E-state index in [0.717, 1.165) is 26.5 Å². The number of aliphatic imine (C=N–C) groups is 1. The van der Waals surface area contributed by atoms with Gasteiger partial charge in [-0.05, 0) is 80.7 Å². The molecule has 0 radical (unpaired) electrons. The fourth-order valence-corrected chi connectivity index (χ4v) is 10.2. The van der Waals surface area contributed by atoms with Crippen molar-refractivity contribution in [2.24, 2.45) is 22.2 Å². The van der Waals surface area contributed by atoms with Crippen molar-refractivity contribution in [1.29, 1.82) is 0 Å². The molecule has 3 rings (SSSR count). The summed E-state index contributed by atoms with van der Waals surface area (Å²) in [5.41, 5.74) is 1.28. The highest BCUT2D eigenvalue weighted by Gasteiger charge is 2.39. The van der Waals surface area contributed by atoms with E-state index >= 15 is 0 Å². The molecule has 27 heteroatoms. The summed E-state index contributed by atoms with van der Waals surface area (Å²) in [5, 5.41) is 58.3. The molecule has 0 saturated heterocycles. The molecule has 25 nitrogen and oxygen atoms in total. The van der Waals surface area contributed by atoms with E-state index in [1.807, 2.05) is 34.6 Å². The molecular formula is C58H82N8O17S2. The molecule has 9 atom stereocenters. The molecule has 85 heavy (non-hydrogen) atoms. The lowest BCUT2D eigenvalue weighted by atomic mass is 9.75. The first-order valence-corrected chi connectivity index (χ1v) is 30.2. The number of allylic oxidation sites excluding steroid dienone is 2. The van der Waals surface area contributed by atoms with Crippen LogP contribution in [-0.4, -0.2) is 152 Å². The molecule has 468 valence electrons. The number of esters is 2. The number of carbonyl (C=O) groups excluding carboxylic acids is 10. The molecule has 2 aromatic carbocycles. The maximum Gasteiger partial charge on any atom is 0.330 e. The first-order valence-electron chi connectivity index (χ1n) is 27.9. The second-order valence-electron chi connectivity index (χ2n) is 21.9. The summed E-state index contributed by atoms with van der Waals surface area (Å²) in [6.07, 6.45) is -4.09. The minimum absolute atomic E-state index is 0.00535. The summed E-state index contributed by atoms with van der Waals surface area (Å²) < 4.78 is 10.9. The van der Waals surface area contributed by atoms with Crippen LogP contribution in [0.1, 0.15) is 127 Å². The van der Waals surface area contributed by atoms with E-state index in [-0.39, 0.29) is 48.2 Å². The molecule has 0 aliphatic heterocycles. The maximum atomic E-state index is 14.0. The van der Waals surface area contributed by atoms with Gasteiger partial charge in [0, 0.05) is 31.9 Å². The van der Waals surface area contributed by atoms with Crippen molar-refractivity contribution < 1.29 is 82.6 Å². The first-order chi connectivity index (χ1) is 39.9. The monoisotopic (exact) mass is 1230 g/mol. The third-order valence-electron chi connectivity index (χ3n) is 13.1. The number of aliphatic hydroxyl groups excluding tert-OH is 3. The fourth-order valence-electron chi connectivity index (χ4n) is 8.52. The van der Waals surface area contributed by atoms with Crippen LogP contribution in [0, 0.1) is 17.3 Å². The van der Waals surface area contributed by atoms with E-state index in [0.29, 0.717) is 34.7 Å². The Morgan fingerprint density at radius 3 is 1.84 bits per heavy atom. The molecule has 0 fully saturated rings. The number of carboxylic acid groups (broad SMARTS) is 1. The smallest absolute Gasteiger partial charge is 0.330 e. The summed E-state index contributed by atoms with van der Waals surface area (Å²) in [7, 11) is 2.90. The standard InChI is InChI=1S/C58H82N8O17S2/c1-12-31(5)49(56(80)66-51(34(8)68)57(81)65-50(33(7)67)55(79)59-28-47(75)83-43-16-14-15-17-44(43)85-84-13-2)64-54(78)40(25-45(72)73)63-53(77)38(62-52(76)32(6)60-35(9)69)22-23-46(74)82-29-36-18-20-37(21-19-36)61-39(24-30(3)4)48-41(70)26-58(10,11)27-42(48)71/h14-21,30-34,38,40,49-51,67-68,70H,12-13,22-29H2,1-11H3,(H,59,79)(H,60,69)(H,62,76)(H,63,77)(H,64,78)(H,65,81)(H,66,80)(H,72,73)/t31-,32-,33+,34+,38-,40-,49-,50-,51-/m0/s1. The third kappa shape index (κ3) is 24.3. The Morgan fingerprint density at radius 2 is 1.27 bits per heavy atom. The number of amides is 7. The van der Waals surface area contributed by atoms with Gasteiger partial charge in [-0.3, -0.25) is 52.9 Å². The van der Waals surface area contributed by atoms with Gasteiger partial charge in [-0.1, -0.05) is 101 Å². The SMILES string of the molecule is CCSSc1ccccc1OC(=O)CNC(=O)[C@@H](NC(=O)[C@@H](NC(=O)[C@@H](NC(=O)[C@H](CC(=O)O)NC(=O)[C@H](CCC(=O)OCc1ccc(N=C(CC(C)C)C2=C(O)CC(C)(C)CC2=O)cc1)NC(=O)[C@H](C)NC(C)=O)[C@@H](C)CC)[C@@H](C)O)[C@@H](C)O. The van der Waals surface area contributed by atoms with Crippen molar-refractivity contribution in [3.63, 3.8) is 0 Å². The molecular weight excluding hydrogens is 1140 g/mol. The number of hydrogen-bond donors (Lipinski definition) is 11. The zero-order chi connectivity index (χ0) is 63.9. The highest BCUT2D eigenvalue weighted by atomic mass is 33.1. The normalized spacial score (nSPS) is 16.4. The lowest BCUT2D eigenvalue weighted by molar-refractivity contribution is -0.145. The number of ether oxygens (including phenoxy) is 2. The predicted octanol–water partition coefficient (Wildman–Crippen LogP) is 3.54. The molecule has 1 aliphatic rings. The van der Waals surface area contributed by atoms with Gasteiger partial charge in [0.15, 0.2) is 5.78 Å². The van der Waals surface area contributed by atoms with Crippen molar-refractivity contribution in [2.45, 2.75) is 181 Å². The number of benzene rings is 2. The molecule has 0 heterocycles. The Bertz CT molecular complexity index is 2790. The van der Waals surface area contributed by atoms with E-state index in [9.17, 15) is 73.2 Å². The number of Topliss-reactive ketones (excluding diaryl/α,β-unsaturated/α-hetero) is 1. The summed E-state index contributed by atoms with van der Waals surface area (Å²) >= 11 is 0. The predicted molar refractivity (Wildman–Crippen MR) is 317 cm³/mol. The van der Waals surface area contributed by atoms with E-state index in [1.54, 1.807) is 55.5 Å². The van der Waals surface area contributed by atoms with Crippen LogP contribution in [0.2, 0.25) is 0 Å². The maximum absolute atomic E-state index is 14.0. The molecule has 0 aromatic heterocycles. The zero-order valence-corrected chi connectivity index (χ0v) is 51.5. The molecule has 7 amide bonds. The Kier molecular flexibility index (Phi) is 29.2. The minimum atomic E-state index is -1.94. The van der Waals surface area contributed by atoms with E-state index in [2.05, 4.69) is 37.2 Å².